The van der Waals surface area contributed by atoms with Gasteiger partial charge in [-0.05, 0) is 25.8 Å². The molecular weight excluding hydrogens is 192 g/mol. The molecule has 0 aliphatic heterocycles. The molecule has 1 aromatic heterocycles. The molecule has 1 aromatic rings. The molecule has 1 aliphatic rings. The highest BCUT2D eigenvalue weighted by atomic mass is 16.2. The summed E-state index contributed by atoms with van der Waals surface area (Å²) in [7, 11) is 1.77. The summed E-state index contributed by atoms with van der Waals surface area (Å²) in [6.07, 6.45) is 3.82. The third-order valence-corrected chi connectivity index (χ3v) is 2.56. The summed E-state index contributed by atoms with van der Waals surface area (Å²) in [6, 6.07) is 1.98. The van der Waals surface area contributed by atoms with E-state index in [0.29, 0.717) is 17.3 Å². The highest BCUT2D eigenvalue weighted by molar-refractivity contribution is 5.99. The molecule has 0 saturated heterocycles. The van der Waals surface area contributed by atoms with Gasteiger partial charge in [0.2, 0.25) is 0 Å². The fourth-order valence-corrected chi connectivity index (χ4v) is 1.47. The molecule has 1 heterocycles. The van der Waals surface area contributed by atoms with Gasteiger partial charge in [-0.1, -0.05) is 0 Å². The maximum Gasteiger partial charge on any atom is 0.268 e. The Balaban J connectivity index is 2.18. The van der Waals surface area contributed by atoms with E-state index in [2.05, 4.69) is 5.32 Å². The summed E-state index contributed by atoms with van der Waals surface area (Å²) in [5.41, 5.74) is 1.13. The van der Waals surface area contributed by atoms with Gasteiger partial charge in [-0.25, -0.2) is 0 Å². The van der Waals surface area contributed by atoms with Crippen LogP contribution in [-0.4, -0.2) is 22.3 Å². The quantitative estimate of drug-likeness (QED) is 0.753. The number of hydrogen-bond donors (Lipinski definition) is 1. The first kappa shape index (κ1) is 9.96. The average Bonchev–Trinajstić information content (AvgIpc) is 2.86. The summed E-state index contributed by atoms with van der Waals surface area (Å²) in [4.78, 5) is 22.8. The fourth-order valence-electron chi connectivity index (χ4n) is 1.47. The molecule has 1 aliphatic carbocycles. The second-order valence-corrected chi connectivity index (χ2v) is 4.03. The van der Waals surface area contributed by atoms with E-state index in [0.717, 1.165) is 12.8 Å². The predicted octanol–water partition coefficient (Wildman–Crippen LogP) is 1.12. The number of nitrogens with zero attached hydrogens (tertiary/aromatic N) is 1. The molecule has 0 unspecified atom stereocenters. The van der Waals surface area contributed by atoms with Crippen LogP contribution in [0.5, 0.6) is 0 Å². The molecule has 0 spiro atoms. The molecule has 0 radical (unpaired) electrons. The molecule has 4 heteroatoms. The number of amides is 1. The standard InChI is InChI=1S/C11H14N2O2/c1-7(14)8-5-10(13(2)6-8)11(15)12-9-3-4-9/h5-6,9H,3-4H2,1-2H3,(H,12,15). The smallest absolute Gasteiger partial charge is 0.268 e. The predicted molar refractivity (Wildman–Crippen MR) is 55.9 cm³/mol. The van der Waals surface area contributed by atoms with Crippen LogP contribution in [0.1, 0.15) is 40.6 Å². The lowest BCUT2D eigenvalue weighted by Crippen LogP contribution is -2.27. The van der Waals surface area contributed by atoms with Gasteiger partial charge >= 0.3 is 0 Å². The Hall–Kier alpha value is -1.58. The van der Waals surface area contributed by atoms with Crippen molar-refractivity contribution in [2.45, 2.75) is 25.8 Å². The molecule has 1 amide bonds. The zero-order valence-electron chi connectivity index (χ0n) is 8.91. The highest BCUT2D eigenvalue weighted by Gasteiger charge is 2.25. The number of nitrogens with one attached hydrogen (secondary N) is 1. The van der Waals surface area contributed by atoms with Gasteiger partial charge in [0.25, 0.3) is 5.91 Å². The summed E-state index contributed by atoms with van der Waals surface area (Å²) >= 11 is 0. The Bertz CT molecular complexity index is 416. The molecule has 80 valence electrons. The minimum atomic E-state index is -0.0903. The second kappa shape index (κ2) is 3.53. The first-order valence-electron chi connectivity index (χ1n) is 5.06. The van der Waals surface area contributed by atoms with Gasteiger partial charge in [-0.3, -0.25) is 9.59 Å². The van der Waals surface area contributed by atoms with E-state index < -0.39 is 0 Å². The van der Waals surface area contributed by atoms with Crippen molar-refractivity contribution in [1.82, 2.24) is 9.88 Å². The van der Waals surface area contributed by atoms with Gasteiger partial charge in [0.05, 0.1) is 0 Å². The van der Waals surface area contributed by atoms with E-state index in [1.165, 1.54) is 6.92 Å². The van der Waals surface area contributed by atoms with Crippen molar-refractivity contribution >= 4 is 11.7 Å². The maximum atomic E-state index is 11.7. The van der Waals surface area contributed by atoms with Crippen molar-refractivity contribution < 1.29 is 9.59 Å². The number of aryl methyl sites for hydroxylation is 1. The van der Waals surface area contributed by atoms with Gasteiger partial charge in [0, 0.05) is 24.8 Å². The van der Waals surface area contributed by atoms with Crippen molar-refractivity contribution in [3.8, 4) is 0 Å². The van der Waals surface area contributed by atoms with E-state index in [-0.39, 0.29) is 11.7 Å². The second-order valence-electron chi connectivity index (χ2n) is 4.03. The van der Waals surface area contributed by atoms with Crippen LogP contribution in [0, 0.1) is 0 Å². The van der Waals surface area contributed by atoms with Crippen LogP contribution in [-0.2, 0) is 7.05 Å². The monoisotopic (exact) mass is 206 g/mol. The van der Waals surface area contributed by atoms with Gasteiger partial charge in [-0.15, -0.1) is 0 Å². The molecule has 0 aromatic carbocycles. The number of carbonyl (C=O) groups excluding carboxylic acids is 2. The number of Topliss-reactive ketones (excluding diaryl/α,β-unsaturated/α-hetero) is 1. The van der Waals surface area contributed by atoms with Crippen LogP contribution >= 0.6 is 0 Å². The van der Waals surface area contributed by atoms with E-state index >= 15 is 0 Å². The lowest BCUT2D eigenvalue weighted by atomic mass is 10.2. The Morgan fingerprint density at radius 3 is 2.60 bits per heavy atom. The van der Waals surface area contributed by atoms with E-state index in [1.54, 1.807) is 23.9 Å². The third-order valence-electron chi connectivity index (χ3n) is 2.56. The van der Waals surface area contributed by atoms with Crippen molar-refractivity contribution in [1.29, 1.82) is 0 Å². The minimum absolute atomic E-state index is 0.0175. The number of hydrogen-bond acceptors (Lipinski definition) is 2. The van der Waals surface area contributed by atoms with Crippen LogP contribution in [0.2, 0.25) is 0 Å². The van der Waals surface area contributed by atoms with Crippen molar-refractivity contribution in [2.24, 2.45) is 7.05 Å². The Morgan fingerprint density at radius 2 is 2.13 bits per heavy atom. The van der Waals surface area contributed by atoms with Gasteiger partial charge in [0.1, 0.15) is 5.69 Å². The van der Waals surface area contributed by atoms with E-state index in [1.807, 2.05) is 0 Å². The van der Waals surface area contributed by atoms with Crippen LogP contribution in [0.4, 0.5) is 0 Å². The summed E-state index contributed by atoms with van der Waals surface area (Å²) < 4.78 is 1.69. The first-order valence-corrected chi connectivity index (χ1v) is 5.06. The lowest BCUT2D eigenvalue weighted by Gasteiger charge is -2.03. The molecule has 1 fully saturated rings. The normalized spacial score (nSPS) is 15.1. The summed E-state index contributed by atoms with van der Waals surface area (Å²) in [6.45, 7) is 1.50. The fraction of sp³-hybridized carbons (Fsp3) is 0.455. The number of ketones is 1. The number of carbonyl (C=O) groups is 2. The molecule has 0 atom stereocenters. The zero-order chi connectivity index (χ0) is 11.0. The summed E-state index contributed by atoms with van der Waals surface area (Å²) in [5, 5.41) is 2.89. The molecule has 4 nitrogen and oxygen atoms in total. The first-order chi connectivity index (χ1) is 7.08. The molecule has 1 saturated carbocycles. The van der Waals surface area contributed by atoms with Crippen molar-refractivity contribution in [3.05, 3.63) is 23.5 Å². The van der Waals surface area contributed by atoms with Gasteiger partial charge in [-0.2, -0.15) is 0 Å². The SMILES string of the molecule is CC(=O)c1cc(C(=O)NC2CC2)n(C)c1. The number of aromatic nitrogens is 1. The maximum absolute atomic E-state index is 11.7. The van der Waals surface area contributed by atoms with Crippen LogP contribution in [0.15, 0.2) is 12.3 Å². The van der Waals surface area contributed by atoms with Gasteiger partial charge < -0.3 is 9.88 Å². The average molecular weight is 206 g/mol. The topological polar surface area (TPSA) is 51.1 Å². The van der Waals surface area contributed by atoms with Crippen molar-refractivity contribution in [3.63, 3.8) is 0 Å². The van der Waals surface area contributed by atoms with Crippen LogP contribution in [0.3, 0.4) is 0 Å². The molecule has 1 N–H and O–H groups in total. The highest BCUT2D eigenvalue weighted by Crippen LogP contribution is 2.19. The molecule has 0 bridgehead atoms. The number of rotatable bonds is 3. The molecule has 2 rings (SSSR count). The van der Waals surface area contributed by atoms with Gasteiger partial charge in [0.15, 0.2) is 5.78 Å². The largest absolute Gasteiger partial charge is 0.348 e. The van der Waals surface area contributed by atoms with E-state index in [9.17, 15) is 9.59 Å². The lowest BCUT2D eigenvalue weighted by molar-refractivity contribution is 0.0942. The minimum Gasteiger partial charge on any atom is -0.348 e. The van der Waals surface area contributed by atoms with Crippen molar-refractivity contribution in [2.75, 3.05) is 0 Å². The zero-order valence-corrected chi connectivity index (χ0v) is 8.91. The van der Waals surface area contributed by atoms with Crippen LogP contribution in [0.25, 0.3) is 0 Å². The molecular formula is C11H14N2O2. The Morgan fingerprint density at radius 1 is 1.47 bits per heavy atom. The third kappa shape index (κ3) is 2.09. The Kier molecular flexibility index (Phi) is 2.34. The summed E-state index contributed by atoms with van der Waals surface area (Å²) in [5.74, 6) is -0.108. The Labute approximate surface area is 88.3 Å². The van der Waals surface area contributed by atoms with Crippen LogP contribution < -0.4 is 5.32 Å². The molecule has 15 heavy (non-hydrogen) atoms. The van der Waals surface area contributed by atoms with E-state index in [4.69, 9.17) is 0 Å².